The number of hydrogen-bond donors (Lipinski definition) is 0. The Balaban J connectivity index is 2.21. The summed E-state index contributed by atoms with van der Waals surface area (Å²) in [6, 6.07) is 8.30. The maximum atomic E-state index is 12.4. The molecule has 0 aliphatic heterocycles. The summed E-state index contributed by atoms with van der Waals surface area (Å²) >= 11 is 0. The lowest BCUT2D eigenvalue weighted by Crippen LogP contribution is -2.19. The monoisotopic (exact) mass is 422 g/mol. The van der Waals surface area contributed by atoms with Gasteiger partial charge in [-0.25, -0.2) is 4.79 Å². The van der Waals surface area contributed by atoms with E-state index in [0.29, 0.717) is 6.07 Å². The highest BCUT2D eigenvalue weighted by molar-refractivity contribution is 7.86. The van der Waals surface area contributed by atoms with E-state index in [1.165, 1.54) is 24.3 Å². The van der Waals surface area contributed by atoms with Gasteiger partial charge in [0.25, 0.3) is 11.4 Å². The van der Waals surface area contributed by atoms with Crippen LogP contribution in [0.25, 0.3) is 0 Å². The van der Waals surface area contributed by atoms with Crippen molar-refractivity contribution in [2.45, 2.75) is 11.8 Å². The number of esters is 2. The molecule has 152 valence electrons. The SMILES string of the molecule is CCOC(=O)c1ccccc1OC(=O)CS(=O)c1ccc([N+](=O)[O-])cc1[N+](=O)[O-]. The second-order valence-corrected chi connectivity index (χ2v) is 6.77. The zero-order chi connectivity index (χ0) is 21.6. The quantitative estimate of drug-likeness (QED) is 0.270. The summed E-state index contributed by atoms with van der Waals surface area (Å²) in [5, 5.41) is 21.9. The molecule has 0 aromatic heterocycles. The average Bonchev–Trinajstić information content (AvgIpc) is 2.67. The topological polar surface area (TPSA) is 156 Å². The predicted molar refractivity (Wildman–Crippen MR) is 99.1 cm³/mol. The molecule has 2 aromatic rings. The Morgan fingerprint density at radius 1 is 1.07 bits per heavy atom. The number of non-ortho nitro benzene ring substituents is 1. The van der Waals surface area contributed by atoms with Crippen molar-refractivity contribution in [1.82, 2.24) is 0 Å². The summed E-state index contributed by atoms with van der Waals surface area (Å²) in [7, 11) is -2.22. The highest BCUT2D eigenvalue weighted by atomic mass is 32.2. The lowest BCUT2D eigenvalue weighted by atomic mass is 10.2. The van der Waals surface area contributed by atoms with Crippen LogP contribution in [0.1, 0.15) is 17.3 Å². The lowest BCUT2D eigenvalue weighted by molar-refractivity contribution is -0.396. The maximum absolute atomic E-state index is 12.4. The third-order valence-corrected chi connectivity index (χ3v) is 4.78. The predicted octanol–water partition coefficient (Wildman–Crippen LogP) is 2.39. The van der Waals surface area contributed by atoms with Crippen molar-refractivity contribution in [1.29, 1.82) is 0 Å². The highest BCUT2D eigenvalue weighted by Gasteiger charge is 2.25. The molecule has 0 aliphatic carbocycles. The molecule has 0 fully saturated rings. The fourth-order valence-electron chi connectivity index (χ4n) is 2.22. The molecule has 0 saturated heterocycles. The van der Waals surface area contributed by atoms with Gasteiger partial charge in [-0.15, -0.1) is 0 Å². The largest absolute Gasteiger partial charge is 0.462 e. The standard InChI is InChI=1S/C17H14N2O9S/c1-2-27-17(21)12-5-3-4-6-14(12)28-16(20)10-29(26)15-8-7-11(18(22)23)9-13(15)19(24)25/h3-9H,2,10H2,1H3. The van der Waals surface area contributed by atoms with Crippen LogP contribution in [0.4, 0.5) is 11.4 Å². The molecule has 2 aromatic carbocycles. The van der Waals surface area contributed by atoms with Crippen LogP contribution in [0.3, 0.4) is 0 Å². The van der Waals surface area contributed by atoms with E-state index in [4.69, 9.17) is 9.47 Å². The number of ether oxygens (including phenoxy) is 2. The van der Waals surface area contributed by atoms with E-state index in [1.807, 2.05) is 0 Å². The van der Waals surface area contributed by atoms with E-state index < -0.39 is 49.7 Å². The van der Waals surface area contributed by atoms with Gasteiger partial charge in [0.05, 0.1) is 33.3 Å². The Bertz CT molecular complexity index is 1010. The second kappa shape index (κ2) is 9.50. The number of nitro benzene ring substituents is 2. The molecule has 0 radical (unpaired) electrons. The van der Waals surface area contributed by atoms with Crippen LogP contribution >= 0.6 is 0 Å². The van der Waals surface area contributed by atoms with Crippen molar-refractivity contribution >= 4 is 34.1 Å². The molecule has 0 bridgehead atoms. The van der Waals surface area contributed by atoms with Crippen LogP contribution in [-0.4, -0.2) is 38.4 Å². The smallest absolute Gasteiger partial charge is 0.341 e. The molecule has 0 amide bonds. The van der Waals surface area contributed by atoms with Crippen molar-refractivity contribution in [2.24, 2.45) is 0 Å². The number of rotatable bonds is 8. The van der Waals surface area contributed by atoms with Gasteiger partial charge >= 0.3 is 11.9 Å². The minimum atomic E-state index is -2.22. The third kappa shape index (κ3) is 5.42. The van der Waals surface area contributed by atoms with Crippen LogP contribution in [-0.2, 0) is 20.3 Å². The summed E-state index contributed by atoms with van der Waals surface area (Å²) in [6.07, 6.45) is 0. The molecule has 11 nitrogen and oxygen atoms in total. The van der Waals surface area contributed by atoms with Crippen molar-refractivity contribution in [3.05, 3.63) is 68.3 Å². The van der Waals surface area contributed by atoms with E-state index in [1.54, 1.807) is 6.92 Å². The number of hydrogen-bond acceptors (Lipinski definition) is 9. The fourth-order valence-corrected chi connectivity index (χ4v) is 3.24. The first kappa shape index (κ1) is 21.6. The molecule has 0 aliphatic rings. The van der Waals surface area contributed by atoms with Gasteiger partial charge < -0.3 is 9.47 Å². The molecule has 1 atom stereocenters. The zero-order valence-corrected chi connectivity index (χ0v) is 15.7. The minimum Gasteiger partial charge on any atom is -0.462 e. The first-order valence-electron chi connectivity index (χ1n) is 8.02. The van der Waals surface area contributed by atoms with Gasteiger partial charge in [-0.3, -0.25) is 29.2 Å². The van der Waals surface area contributed by atoms with Crippen molar-refractivity contribution < 1.29 is 33.1 Å². The molecular weight excluding hydrogens is 408 g/mol. The number of carbonyl (C=O) groups excluding carboxylic acids is 2. The number of nitrogens with zero attached hydrogens (tertiary/aromatic N) is 2. The number of carbonyl (C=O) groups is 2. The molecule has 29 heavy (non-hydrogen) atoms. The summed E-state index contributed by atoms with van der Waals surface area (Å²) in [4.78, 5) is 43.8. The first-order valence-corrected chi connectivity index (χ1v) is 9.34. The highest BCUT2D eigenvalue weighted by Crippen LogP contribution is 2.27. The van der Waals surface area contributed by atoms with Crippen LogP contribution in [0.2, 0.25) is 0 Å². The van der Waals surface area contributed by atoms with Crippen LogP contribution < -0.4 is 4.74 Å². The van der Waals surface area contributed by atoms with Crippen LogP contribution in [0.15, 0.2) is 47.4 Å². The van der Waals surface area contributed by atoms with Gasteiger partial charge in [0.2, 0.25) is 0 Å². The van der Waals surface area contributed by atoms with Crippen molar-refractivity contribution in [3.8, 4) is 5.75 Å². The zero-order valence-electron chi connectivity index (χ0n) is 14.9. The number of nitro groups is 2. The Morgan fingerprint density at radius 2 is 1.76 bits per heavy atom. The minimum absolute atomic E-state index is 0.0187. The van der Waals surface area contributed by atoms with E-state index in [9.17, 15) is 34.0 Å². The van der Waals surface area contributed by atoms with Gasteiger partial charge in [-0.05, 0) is 25.1 Å². The average molecular weight is 422 g/mol. The second-order valence-electron chi connectivity index (χ2n) is 5.35. The summed E-state index contributed by atoms with van der Waals surface area (Å²) in [5.74, 6) is -2.63. The summed E-state index contributed by atoms with van der Waals surface area (Å²) in [6.45, 7) is 1.71. The van der Waals surface area contributed by atoms with Crippen LogP contribution in [0.5, 0.6) is 5.75 Å². The maximum Gasteiger partial charge on any atom is 0.341 e. The fraction of sp³-hybridized carbons (Fsp3) is 0.176. The lowest BCUT2D eigenvalue weighted by Gasteiger charge is -2.09. The number of benzene rings is 2. The summed E-state index contributed by atoms with van der Waals surface area (Å²) in [5.41, 5.74) is -1.32. The normalized spacial score (nSPS) is 11.3. The Labute approximate surface area is 166 Å². The van der Waals surface area contributed by atoms with Crippen molar-refractivity contribution in [2.75, 3.05) is 12.4 Å². The van der Waals surface area contributed by atoms with Gasteiger partial charge in [0, 0.05) is 6.07 Å². The van der Waals surface area contributed by atoms with Gasteiger partial charge in [0.15, 0.2) is 0 Å². The molecule has 0 saturated carbocycles. The Hall–Kier alpha value is -3.67. The van der Waals surface area contributed by atoms with E-state index in [2.05, 4.69) is 0 Å². The van der Waals surface area contributed by atoms with Gasteiger partial charge in [-0.2, -0.15) is 0 Å². The molecule has 0 N–H and O–H groups in total. The van der Waals surface area contributed by atoms with E-state index >= 15 is 0 Å². The van der Waals surface area contributed by atoms with E-state index in [0.717, 1.165) is 12.1 Å². The molecule has 12 heteroatoms. The molecule has 0 heterocycles. The molecule has 0 spiro atoms. The van der Waals surface area contributed by atoms with Crippen molar-refractivity contribution in [3.63, 3.8) is 0 Å². The third-order valence-electron chi connectivity index (χ3n) is 3.45. The van der Waals surface area contributed by atoms with Crippen LogP contribution in [0, 0.1) is 20.2 Å². The molecule has 1 unspecified atom stereocenters. The van der Waals surface area contributed by atoms with Gasteiger partial charge in [0.1, 0.15) is 22.0 Å². The molecule has 2 rings (SSSR count). The molecular formula is C17H14N2O9S. The Morgan fingerprint density at radius 3 is 2.38 bits per heavy atom. The summed E-state index contributed by atoms with van der Waals surface area (Å²) < 4.78 is 22.3. The van der Waals surface area contributed by atoms with Gasteiger partial charge in [-0.1, -0.05) is 12.1 Å². The first-order chi connectivity index (χ1) is 13.7. The Kier molecular flexibility index (Phi) is 7.09. The number of para-hydroxylation sites is 1. The van der Waals surface area contributed by atoms with E-state index in [-0.39, 0.29) is 22.8 Å².